The number of fused-ring (bicyclic) bond motifs is 1. The molecule has 0 spiro atoms. The maximum atomic E-state index is 12.3. The van der Waals surface area contributed by atoms with Crippen LogP contribution in [-0.4, -0.2) is 29.1 Å². The summed E-state index contributed by atoms with van der Waals surface area (Å²) in [4.78, 5) is 21.9. The van der Waals surface area contributed by atoms with E-state index < -0.39 is 0 Å². The van der Waals surface area contributed by atoms with Gasteiger partial charge in [0.25, 0.3) is 5.56 Å². The van der Waals surface area contributed by atoms with Crippen molar-refractivity contribution in [3.8, 4) is 11.4 Å². The molecule has 7 nitrogen and oxygen atoms in total. The molecule has 0 aliphatic heterocycles. The largest absolute Gasteiger partial charge is 0.299 e. The van der Waals surface area contributed by atoms with Crippen molar-refractivity contribution in [1.29, 1.82) is 0 Å². The quantitative estimate of drug-likeness (QED) is 0.428. The Kier molecular flexibility index (Phi) is 5.39. The fourth-order valence-electron chi connectivity index (χ4n) is 4.15. The van der Waals surface area contributed by atoms with E-state index in [-0.39, 0.29) is 5.56 Å². The summed E-state index contributed by atoms with van der Waals surface area (Å²) in [5.74, 6) is 2.01. The number of rotatable bonds is 5. The topological polar surface area (TPSA) is 78.0 Å². The van der Waals surface area contributed by atoms with Crippen molar-refractivity contribution in [3.63, 3.8) is 0 Å². The van der Waals surface area contributed by atoms with Crippen LogP contribution in [0.25, 0.3) is 16.3 Å². The third-order valence-electron chi connectivity index (χ3n) is 5.69. The lowest BCUT2D eigenvalue weighted by molar-refractivity contribution is 0.247. The molecule has 1 saturated carbocycles. The second kappa shape index (κ2) is 8.31. The molecule has 9 heteroatoms. The highest BCUT2D eigenvalue weighted by atomic mass is 32.2. The predicted molar refractivity (Wildman–Crippen MR) is 119 cm³/mol. The molecule has 1 fully saturated rings. The van der Waals surface area contributed by atoms with Crippen molar-refractivity contribution < 1.29 is 0 Å². The molecular weight excluding hydrogens is 416 g/mol. The zero-order valence-corrected chi connectivity index (χ0v) is 18.3. The molecule has 30 heavy (non-hydrogen) atoms. The Balaban J connectivity index is 1.49. The van der Waals surface area contributed by atoms with Gasteiger partial charge in [0.15, 0.2) is 15.9 Å². The first kappa shape index (κ1) is 19.4. The Morgan fingerprint density at radius 1 is 1.27 bits per heavy atom. The molecule has 4 heterocycles. The average Bonchev–Trinajstić information content (AvgIpc) is 3.40. The van der Waals surface area contributed by atoms with Crippen LogP contribution in [0.2, 0.25) is 0 Å². The Hall–Kier alpha value is -2.52. The van der Waals surface area contributed by atoms with Crippen molar-refractivity contribution in [3.05, 3.63) is 58.2 Å². The van der Waals surface area contributed by atoms with Gasteiger partial charge in [0.05, 0.1) is 5.69 Å². The van der Waals surface area contributed by atoms with E-state index >= 15 is 0 Å². The summed E-state index contributed by atoms with van der Waals surface area (Å²) in [5, 5.41) is 11.8. The Morgan fingerprint density at radius 2 is 2.17 bits per heavy atom. The van der Waals surface area contributed by atoms with Crippen molar-refractivity contribution in [2.75, 3.05) is 0 Å². The van der Waals surface area contributed by atoms with Gasteiger partial charge in [-0.1, -0.05) is 31.5 Å². The van der Waals surface area contributed by atoms with Crippen LogP contribution in [0, 0.1) is 5.92 Å². The summed E-state index contributed by atoms with van der Waals surface area (Å²) in [6.45, 7) is 2.32. The molecular formula is C21H22N6OS2. The van der Waals surface area contributed by atoms with E-state index in [0.29, 0.717) is 17.7 Å². The van der Waals surface area contributed by atoms with Crippen molar-refractivity contribution in [2.45, 2.75) is 49.6 Å². The molecule has 5 rings (SSSR count). The van der Waals surface area contributed by atoms with Gasteiger partial charge >= 0.3 is 0 Å². The maximum absolute atomic E-state index is 12.3. The summed E-state index contributed by atoms with van der Waals surface area (Å²) < 4.78 is 3.87. The first-order chi connectivity index (χ1) is 14.7. The molecule has 4 aromatic heterocycles. The molecule has 1 aliphatic rings. The number of nitrogens with zero attached hydrogens (tertiary/aromatic N) is 6. The SMILES string of the molecule is CC1CCCCC1n1c(SCc2cc(=O)n3ccsc3n2)nnc1-c1cccnc1. The molecule has 1 aliphatic carbocycles. The van der Waals surface area contributed by atoms with E-state index in [0.717, 1.165) is 33.6 Å². The Morgan fingerprint density at radius 3 is 3.00 bits per heavy atom. The molecule has 0 amide bonds. The summed E-state index contributed by atoms with van der Waals surface area (Å²) in [7, 11) is 0. The van der Waals surface area contributed by atoms with Crippen LogP contribution >= 0.6 is 23.1 Å². The standard InChI is InChI=1S/C21H22N6OS2/c1-14-5-2-3-7-17(14)27-19(15-6-4-8-22-12-15)24-25-21(27)30-13-16-11-18(28)26-9-10-29-20(26)23-16/h4,6,8-12,14,17H,2-3,5,7,13H2,1H3. The molecule has 2 atom stereocenters. The minimum absolute atomic E-state index is 0.0460. The Bertz CT molecular complexity index is 1220. The third kappa shape index (κ3) is 3.67. The van der Waals surface area contributed by atoms with Crippen molar-refractivity contribution >= 4 is 28.1 Å². The van der Waals surface area contributed by atoms with Gasteiger partial charge < -0.3 is 0 Å². The number of thiazole rings is 1. The van der Waals surface area contributed by atoms with Gasteiger partial charge in [-0.25, -0.2) is 4.98 Å². The highest BCUT2D eigenvalue weighted by Crippen LogP contribution is 2.39. The van der Waals surface area contributed by atoms with Gasteiger partial charge in [0.2, 0.25) is 0 Å². The van der Waals surface area contributed by atoms with Crippen LogP contribution in [0.1, 0.15) is 44.3 Å². The highest BCUT2D eigenvalue weighted by molar-refractivity contribution is 7.98. The number of pyridine rings is 1. The molecule has 154 valence electrons. The van der Waals surface area contributed by atoms with Crippen molar-refractivity contribution in [1.82, 2.24) is 29.1 Å². The van der Waals surface area contributed by atoms with E-state index in [2.05, 4.69) is 31.7 Å². The molecule has 0 N–H and O–H groups in total. The highest BCUT2D eigenvalue weighted by Gasteiger charge is 2.28. The van der Waals surface area contributed by atoms with Crippen molar-refractivity contribution in [2.24, 2.45) is 5.92 Å². The van der Waals surface area contributed by atoms with Gasteiger partial charge in [-0.05, 0) is 30.9 Å². The van der Waals surface area contributed by atoms with E-state index in [4.69, 9.17) is 0 Å². The number of hydrogen-bond donors (Lipinski definition) is 0. The lowest BCUT2D eigenvalue weighted by atomic mass is 9.85. The monoisotopic (exact) mass is 438 g/mol. The van der Waals surface area contributed by atoms with Gasteiger partial charge in [-0.15, -0.1) is 21.5 Å². The van der Waals surface area contributed by atoms with Gasteiger partial charge in [0.1, 0.15) is 0 Å². The normalized spacial score (nSPS) is 19.4. The van der Waals surface area contributed by atoms with Crippen LogP contribution < -0.4 is 5.56 Å². The summed E-state index contributed by atoms with van der Waals surface area (Å²) in [6, 6.07) is 5.94. The predicted octanol–water partition coefficient (Wildman–Crippen LogP) is 4.45. The van der Waals surface area contributed by atoms with Gasteiger partial charge in [-0.3, -0.25) is 18.7 Å². The first-order valence-corrected chi connectivity index (χ1v) is 12.0. The van der Waals surface area contributed by atoms with E-state index in [1.165, 1.54) is 30.6 Å². The number of hydrogen-bond acceptors (Lipinski definition) is 7. The van der Waals surface area contributed by atoms with Crippen LogP contribution in [0.4, 0.5) is 0 Å². The average molecular weight is 439 g/mol. The lowest BCUT2D eigenvalue weighted by Crippen LogP contribution is -2.22. The van der Waals surface area contributed by atoms with Crippen LogP contribution in [-0.2, 0) is 5.75 Å². The summed E-state index contributed by atoms with van der Waals surface area (Å²) in [6.07, 6.45) is 10.2. The van der Waals surface area contributed by atoms with Crippen LogP contribution in [0.3, 0.4) is 0 Å². The van der Waals surface area contributed by atoms with Gasteiger partial charge in [0, 0.05) is 47.4 Å². The fraction of sp³-hybridized carbons (Fsp3) is 0.381. The zero-order valence-electron chi connectivity index (χ0n) is 16.6. The molecule has 0 bridgehead atoms. The van der Waals surface area contributed by atoms with Crippen LogP contribution in [0.5, 0.6) is 0 Å². The van der Waals surface area contributed by atoms with E-state index in [1.54, 1.807) is 34.6 Å². The second-order valence-corrected chi connectivity index (χ2v) is 9.49. The minimum Gasteiger partial charge on any atom is -0.299 e. The zero-order chi connectivity index (χ0) is 20.5. The lowest BCUT2D eigenvalue weighted by Gasteiger charge is -2.31. The molecule has 4 aromatic rings. The van der Waals surface area contributed by atoms with Crippen LogP contribution in [0.15, 0.2) is 52.1 Å². The number of aromatic nitrogens is 6. The van der Waals surface area contributed by atoms with Gasteiger partial charge in [-0.2, -0.15) is 0 Å². The minimum atomic E-state index is -0.0460. The fourth-order valence-corrected chi connectivity index (χ4v) is 5.77. The second-order valence-electron chi connectivity index (χ2n) is 7.68. The number of thioether (sulfide) groups is 1. The molecule has 2 unspecified atom stereocenters. The third-order valence-corrected chi connectivity index (χ3v) is 7.42. The first-order valence-electron chi connectivity index (χ1n) is 10.1. The van der Waals surface area contributed by atoms with E-state index in [9.17, 15) is 4.79 Å². The molecule has 0 radical (unpaired) electrons. The maximum Gasteiger partial charge on any atom is 0.258 e. The molecule has 0 saturated heterocycles. The van der Waals surface area contributed by atoms with E-state index in [1.807, 2.05) is 23.7 Å². The summed E-state index contributed by atoms with van der Waals surface area (Å²) in [5.41, 5.74) is 1.70. The summed E-state index contributed by atoms with van der Waals surface area (Å²) >= 11 is 3.06. The smallest absolute Gasteiger partial charge is 0.258 e. The molecule has 0 aromatic carbocycles. The Labute approximate surface area is 182 Å².